The number of aromatic nitrogens is 1. The Morgan fingerprint density at radius 3 is 2.41 bits per heavy atom. The summed E-state index contributed by atoms with van der Waals surface area (Å²) in [5.41, 5.74) is 3.39. The topological polar surface area (TPSA) is 101 Å². The molecule has 0 bridgehead atoms. The van der Waals surface area contributed by atoms with Gasteiger partial charge in [0, 0.05) is 29.9 Å². The van der Waals surface area contributed by atoms with Gasteiger partial charge in [-0.05, 0) is 36.1 Å². The highest BCUT2D eigenvalue weighted by Crippen LogP contribution is 2.38. The van der Waals surface area contributed by atoms with E-state index < -0.39 is 18.1 Å². The van der Waals surface area contributed by atoms with Gasteiger partial charge >= 0.3 is 5.97 Å². The number of methoxy groups -OCH3 is 2. The van der Waals surface area contributed by atoms with Gasteiger partial charge in [0.05, 0.1) is 31.7 Å². The van der Waals surface area contributed by atoms with Gasteiger partial charge in [-0.3, -0.25) is 9.78 Å². The smallest absolute Gasteiger partial charge is 0.326 e. The lowest BCUT2D eigenvalue weighted by Crippen LogP contribution is -2.50. The third-order valence-electron chi connectivity index (χ3n) is 7.24. The number of nitrogens with one attached hydrogen (secondary N) is 1. The van der Waals surface area contributed by atoms with Crippen molar-refractivity contribution in [2.24, 2.45) is 0 Å². The second kappa shape index (κ2) is 11.4. The van der Waals surface area contributed by atoms with Crippen LogP contribution in [-0.4, -0.2) is 54.8 Å². The second-order valence-electron chi connectivity index (χ2n) is 9.57. The average molecular weight is 526 g/mol. The molecule has 5 rings (SSSR count). The van der Waals surface area contributed by atoms with E-state index in [1.807, 2.05) is 71.6 Å². The summed E-state index contributed by atoms with van der Waals surface area (Å²) in [5.74, 6) is -0.000937. The molecule has 4 aromatic rings. The van der Waals surface area contributed by atoms with Crippen LogP contribution in [0.3, 0.4) is 0 Å². The number of hydrogen-bond acceptors (Lipinski definition) is 6. The molecule has 0 aliphatic carbocycles. The van der Waals surface area contributed by atoms with E-state index in [0.717, 1.165) is 39.6 Å². The van der Waals surface area contributed by atoms with Gasteiger partial charge in [-0.2, -0.15) is 0 Å². The Morgan fingerprint density at radius 2 is 1.72 bits per heavy atom. The van der Waals surface area contributed by atoms with Crippen molar-refractivity contribution in [1.29, 1.82) is 0 Å². The number of pyridine rings is 1. The van der Waals surface area contributed by atoms with Crippen LogP contribution in [-0.2, 0) is 16.0 Å². The van der Waals surface area contributed by atoms with E-state index in [4.69, 9.17) is 9.47 Å². The zero-order valence-corrected chi connectivity index (χ0v) is 22.0. The SMILES string of the molecule is COc1cccc(OC)c1-c1ccc(C[C@H](NC(=O)[C@@H]2CCCN2c2cncc3ccccc23)C(=O)O)cc1. The third kappa shape index (κ3) is 5.36. The minimum absolute atomic E-state index is 0.160. The van der Waals surface area contributed by atoms with Crippen molar-refractivity contribution < 1.29 is 24.2 Å². The molecular formula is C31H31N3O5. The number of amides is 1. The molecule has 0 saturated carbocycles. The number of carbonyl (C=O) groups excluding carboxylic acids is 1. The number of ether oxygens (including phenoxy) is 2. The summed E-state index contributed by atoms with van der Waals surface area (Å²) in [6.45, 7) is 0.708. The van der Waals surface area contributed by atoms with E-state index in [2.05, 4.69) is 10.3 Å². The largest absolute Gasteiger partial charge is 0.496 e. The van der Waals surface area contributed by atoms with Crippen molar-refractivity contribution in [3.63, 3.8) is 0 Å². The molecule has 1 aliphatic rings. The number of carboxylic acid groups (broad SMARTS) is 1. The van der Waals surface area contributed by atoms with Crippen molar-refractivity contribution in [3.8, 4) is 22.6 Å². The first-order valence-electron chi connectivity index (χ1n) is 12.9. The Morgan fingerprint density at radius 1 is 1.00 bits per heavy atom. The minimum atomic E-state index is -1.07. The zero-order chi connectivity index (χ0) is 27.4. The normalized spacial score (nSPS) is 15.6. The maximum Gasteiger partial charge on any atom is 0.326 e. The fraction of sp³-hybridized carbons (Fsp3) is 0.258. The average Bonchev–Trinajstić information content (AvgIpc) is 3.46. The van der Waals surface area contributed by atoms with Gasteiger partial charge < -0.3 is 24.8 Å². The molecule has 0 spiro atoms. The summed E-state index contributed by atoms with van der Waals surface area (Å²) in [4.78, 5) is 32.0. The van der Waals surface area contributed by atoms with Crippen LogP contribution in [0.25, 0.3) is 21.9 Å². The highest BCUT2D eigenvalue weighted by Gasteiger charge is 2.34. The van der Waals surface area contributed by atoms with Crippen molar-refractivity contribution in [1.82, 2.24) is 10.3 Å². The molecule has 2 heterocycles. The molecule has 3 aromatic carbocycles. The number of benzene rings is 3. The first-order chi connectivity index (χ1) is 19.0. The minimum Gasteiger partial charge on any atom is -0.496 e. The van der Waals surface area contributed by atoms with Crippen molar-refractivity contribution in [2.75, 3.05) is 25.7 Å². The summed E-state index contributed by atoms with van der Waals surface area (Å²) in [6, 6.07) is 19.5. The number of aliphatic carboxylic acids is 1. The molecule has 1 aromatic heterocycles. The molecule has 39 heavy (non-hydrogen) atoms. The number of rotatable bonds is 9. The maximum atomic E-state index is 13.4. The molecule has 200 valence electrons. The van der Waals surface area contributed by atoms with Gasteiger partial charge in [0.1, 0.15) is 23.6 Å². The summed E-state index contributed by atoms with van der Waals surface area (Å²) in [7, 11) is 3.21. The van der Waals surface area contributed by atoms with Crippen LogP contribution in [0.1, 0.15) is 18.4 Å². The first-order valence-corrected chi connectivity index (χ1v) is 12.9. The van der Waals surface area contributed by atoms with Gasteiger partial charge in [-0.25, -0.2) is 4.79 Å². The molecule has 0 unspecified atom stereocenters. The Bertz CT molecular complexity index is 1460. The number of hydrogen-bond donors (Lipinski definition) is 2. The molecule has 1 saturated heterocycles. The Balaban J connectivity index is 1.32. The Hall–Kier alpha value is -4.59. The van der Waals surface area contributed by atoms with Crippen LogP contribution in [0.4, 0.5) is 5.69 Å². The van der Waals surface area contributed by atoms with Gasteiger partial charge in [0.15, 0.2) is 0 Å². The summed E-state index contributed by atoms with van der Waals surface area (Å²) < 4.78 is 11.0. The van der Waals surface area contributed by atoms with Gasteiger partial charge in [0.25, 0.3) is 0 Å². The van der Waals surface area contributed by atoms with Crippen molar-refractivity contribution in [3.05, 3.63) is 84.7 Å². The second-order valence-corrected chi connectivity index (χ2v) is 9.57. The van der Waals surface area contributed by atoms with E-state index in [9.17, 15) is 14.7 Å². The lowest BCUT2D eigenvalue weighted by Gasteiger charge is -2.28. The summed E-state index contributed by atoms with van der Waals surface area (Å²) in [5, 5.41) is 14.8. The van der Waals surface area contributed by atoms with Crippen molar-refractivity contribution in [2.45, 2.75) is 31.3 Å². The molecule has 1 amide bonds. The molecular weight excluding hydrogens is 494 g/mol. The first kappa shape index (κ1) is 26.0. The maximum absolute atomic E-state index is 13.4. The molecule has 8 heteroatoms. The van der Waals surface area contributed by atoms with Crippen molar-refractivity contribution >= 4 is 28.3 Å². The Labute approximate surface area is 227 Å². The highest BCUT2D eigenvalue weighted by molar-refractivity contribution is 5.97. The van der Waals surface area contributed by atoms with E-state index in [-0.39, 0.29) is 12.3 Å². The number of fused-ring (bicyclic) bond motifs is 1. The molecule has 1 aliphatic heterocycles. The number of carboxylic acids is 1. The predicted molar refractivity (Wildman–Crippen MR) is 150 cm³/mol. The molecule has 8 nitrogen and oxygen atoms in total. The van der Waals surface area contributed by atoms with Crippen LogP contribution in [0, 0.1) is 0 Å². The molecule has 2 N–H and O–H groups in total. The van der Waals surface area contributed by atoms with Crippen LogP contribution in [0.5, 0.6) is 11.5 Å². The van der Waals surface area contributed by atoms with Crippen LogP contribution < -0.4 is 19.7 Å². The highest BCUT2D eigenvalue weighted by atomic mass is 16.5. The lowest BCUT2D eigenvalue weighted by molar-refractivity contribution is -0.141. The van der Waals surface area contributed by atoms with Crippen LogP contribution in [0.15, 0.2) is 79.1 Å². The van der Waals surface area contributed by atoms with Crippen LogP contribution >= 0.6 is 0 Å². The number of anilines is 1. The Kier molecular flexibility index (Phi) is 7.63. The fourth-order valence-corrected chi connectivity index (χ4v) is 5.30. The fourth-order valence-electron chi connectivity index (χ4n) is 5.30. The van der Waals surface area contributed by atoms with Gasteiger partial charge in [-0.15, -0.1) is 0 Å². The number of nitrogens with zero attached hydrogens (tertiary/aromatic N) is 2. The zero-order valence-electron chi connectivity index (χ0n) is 22.0. The van der Waals surface area contributed by atoms with E-state index in [0.29, 0.717) is 24.5 Å². The van der Waals surface area contributed by atoms with E-state index in [1.54, 1.807) is 26.6 Å². The van der Waals surface area contributed by atoms with Gasteiger partial charge in [0.2, 0.25) is 5.91 Å². The molecule has 2 atom stereocenters. The van der Waals surface area contributed by atoms with E-state index >= 15 is 0 Å². The standard InChI is InChI=1S/C31H31N3O5/c1-38-27-10-5-11-28(39-2)29(27)21-14-12-20(13-15-21)17-24(31(36)37)33-30(35)25-9-6-16-34(25)26-19-32-18-22-7-3-4-8-23(22)26/h3-5,7-8,10-15,18-19,24-25H,6,9,16-17H2,1-2H3,(H,33,35)(H,36,37)/t24-,25-/m0/s1. The molecule has 1 fully saturated rings. The van der Waals surface area contributed by atoms with Gasteiger partial charge in [-0.1, -0.05) is 54.6 Å². The monoisotopic (exact) mass is 525 g/mol. The summed E-state index contributed by atoms with van der Waals surface area (Å²) >= 11 is 0. The summed E-state index contributed by atoms with van der Waals surface area (Å²) in [6.07, 6.45) is 5.23. The van der Waals surface area contributed by atoms with Crippen LogP contribution in [0.2, 0.25) is 0 Å². The van der Waals surface area contributed by atoms with E-state index in [1.165, 1.54) is 0 Å². The lowest BCUT2D eigenvalue weighted by atomic mass is 9.99. The number of carbonyl (C=O) groups is 2. The molecule has 0 radical (unpaired) electrons. The third-order valence-corrected chi connectivity index (χ3v) is 7.24. The predicted octanol–water partition coefficient (Wildman–Crippen LogP) is 4.70. The quantitative estimate of drug-likeness (QED) is 0.327.